The average Bonchev–Trinajstić information content (AvgIpc) is 2.50. The summed E-state index contributed by atoms with van der Waals surface area (Å²) in [6.45, 7) is 5.52. The summed E-state index contributed by atoms with van der Waals surface area (Å²) >= 11 is 0. The molecule has 0 fully saturated rings. The number of aromatic nitrogens is 1. The van der Waals surface area contributed by atoms with Gasteiger partial charge in [-0.05, 0) is 25.0 Å². The summed E-state index contributed by atoms with van der Waals surface area (Å²) in [4.78, 5) is 16.2. The van der Waals surface area contributed by atoms with Gasteiger partial charge in [-0.2, -0.15) is 0 Å². The molecule has 1 amide bonds. The van der Waals surface area contributed by atoms with Crippen molar-refractivity contribution in [3.05, 3.63) is 18.3 Å². The summed E-state index contributed by atoms with van der Waals surface area (Å²) in [5.74, 6) is 0.814. The third kappa shape index (κ3) is 6.55. The molecular weight excluding hydrogens is 270 g/mol. The molecule has 0 aromatic carbocycles. The fourth-order valence-electron chi connectivity index (χ4n) is 1.89. The predicted molar refractivity (Wildman–Crippen MR) is 83.3 cm³/mol. The molecule has 1 aromatic heterocycles. The maximum Gasteiger partial charge on any atom is 0.227 e. The van der Waals surface area contributed by atoms with Gasteiger partial charge in [0, 0.05) is 12.5 Å². The van der Waals surface area contributed by atoms with Crippen molar-refractivity contribution in [1.82, 2.24) is 4.98 Å². The minimum atomic E-state index is 0.0309. The van der Waals surface area contributed by atoms with Crippen molar-refractivity contribution in [2.45, 2.75) is 26.7 Å². The van der Waals surface area contributed by atoms with E-state index >= 15 is 0 Å². The summed E-state index contributed by atoms with van der Waals surface area (Å²) in [7, 11) is 0. The molecule has 21 heavy (non-hydrogen) atoms. The van der Waals surface area contributed by atoms with Crippen LogP contribution in [0.1, 0.15) is 26.7 Å². The molecule has 3 N–H and O–H groups in total. The minimum absolute atomic E-state index is 0.0309. The largest absolute Gasteiger partial charge is 0.394 e. The number of amides is 1. The molecule has 118 valence electrons. The highest BCUT2D eigenvalue weighted by molar-refractivity contribution is 5.92. The van der Waals surface area contributed by atoms with Crippen LogP contribution in [0.2, 0.25) is 0 Å². The average molecular weight is 295 g/mol. The van der Waals surface area contributed by atoms with Crippen LogP contribution in [0.25, 0.3) is 0 Å². The molecule has 1 rings (SSSR count). The number of anilines is 2. The van der Waals surface area contributed by atoms with E-state index in [1.54, 1.807) is 6.20 Å². The Hall–Kier alpha value is -1.66. The molecule has 0 spiro atoms. The highest BCUT2D eigenvalue weighted by atomic mass is 16.5. The van der Waals surface area contributed by atoms with E-state index < -0.39 is 0 Å². The van der Waals surface area contributed by atoms with E-state index in [1.165, 1.54) is 0 Å². The van der Waals surface area contributed by atoms with Crippen LogP contribution in [0.15, 0.2) is 18.3 Å². The lowest BCUT2D eigenvalue weighted by molar-refractivity contribution is -0.120. The molecule has 0 bridgehead atoms. The summed E-state index contributed by atoms with van der Waals surface area (Å²) in [5.41, 5.74) is 0.703. The molecule has 6 heteroatoms. The fraction of sp³-hybridized carbons (Fsp3) is 0.600. The van der Waals surface area contributed by atoms with Gasteiger partial charge in [0.05, 0.1) is 31.7 Å². The van der Waals surface area contributed by atoms with Crippen molar-refractivity contribution in [3.8, 4) is 0 Å². The second kappa shape index (κ2) is 10.1. The zero-order valence-corrected chi connectivity index (χ0v) is 12.8. The van der Waals surface area contributed by atoms with E-state index in [2.05, 4.69) is 15.6 Å². The third-order valence-electron chi connectivity index (χ3n) is 3.18. The van der Waals surface area contributed by atoms with Crippen LogP contribution in [0.4, 0.5) is 11.5 Å². The molecule has 0 saturated carbocycles. The summed E-state index contributed by atoms with van der Waals surface area (Å²) in [5, 5.41) is 14.5. The Morgan fingerprint density at radius 1 is 1.33 bits per heavy atom. The first-order chi connectivity index (χ1) is 10.2. The number of aliphatic hydroxyl groups excluding tert-OH is 1. The number of pyridine rings is 1. The Morgan fingerprint density at radius 3 is 2.67 bits per heavy atom. The van der Waals surface area contributed by atoms with Crippen LogP contribution in [0.3, 0.4) is 0 Å². The second-order valence-electron chi connectivity index (χ2n) is 4.70. The van der Waals surface area contributed by atoms with Crippen LogP contribution in [-0.4, -0.2) is 42.4 Å². The standard InChI is InChI=1S/C15H25N3O3/c1-3-12(4-2)15(20)18-13-5-6-14(17-11-13)16-7-9-21-10-8-19/h5-6,11-12,19H,3-4,7-10H2,1-2H3,(H,16,17)(H,18,20). The molecule has 1 aromatic rings. The number of hydrogen-bond acceptors (Lipinski definition) is 5. The number of carbonyl (C=O) groups excluding carboxylic acids is 1. The first-order valence-electron chi connectivity index (χ1n) is 7.40. The maximum atomic E-state index is 11.9. The second-order valence-corrected chi connectivity index (χ2v) is 4.70. The number of nitrogens with zero attached hydrogens (tertiary/aromatic N) is 1. The van der Waals surface area contributed by atoms with Gasteiger partial charge in [0.1, 0.15) is 5.82 Å². The smallest absolute Gasteiger partial charge is 0.227 e. The maximum absolute atomic E-state index is 11.9. The van der Waals surface area contributed by atoms with Crippen LogP contribution in [0, 0.1) is 5.92 Å². The molecular formula is C15H25N3O3. The van der Waals surface area contributed by atoms with Crippen molar-refractivity contribution in [3.63, 3.8) is 0 Å². The lowest BCUT2D eigenvalue weighted by Crippen LogP contribution is -2.21. The molecule has 6 nitrogen and oxygen atoms in total. The molecule has 0 radical (unpaired) electrons. The monoisotopic (exact) mass is 295 g/mol. The normalized spacial score (nSPS) is 10.7. The fourth-order valence-corrected chi connectivity index (χ4v) is 1.89. The van der Waals surface area contributed by atoms with Crippen molar-refractivity contribution < 1.29 is 14.6 Å². The van der Waals surface area contributed by atoms with Gasteiger partial charge in [0.15, 0.2) is 0 Å². The molecule has 0 aliphatic carbocycles. The van der Waals surface area contributed by atoms with Crippen LogP contribution < -0.4 is 10.6 Å². The lowest BCUT2D eigenvalue weighted by atomic mass is 10.0. The lowest BCUT2D eigenvalue weighted by Gasteiger charge is -2.13. The Morgan fingerprint density at radius 2 is 2.10 bits per heavy atom. The van der Waals surface area contributed by atoms with Gasteiger partial charge in [-0.25, -0.2) is 4.98 Å². The number of ether oxygens (including phenoxy) is 1. The number of aliphatic hydroxyl groups is 1. The van der Waals surface area contributed by atoms with Gasteiger partial charge in [-0.1, -0.05) is 13.8 Å². The van der Waals surface area contributed by atoms with E-state index in [0.717, 1.165) is 18.7 Å². The van der Waals surface area contributed by atoms with Gasteiger partial charge < -0.3 is 20.5 Å². The highest BCUT2D eigenvalue weighted by Gasteiger charge is 2.13. The summed E-state index contributed by atoms with van der Waals surface area (Å²) in [6, 6.07) is 3.64. The quantitative estimate of drug-likeness (QED) is 0.574. The predicted octanol–water partition coefficient (Wildman–Crippen LogP) is 1.88. The minimum Gasteiger partial charge on any atom is -0.394 e. The molecule has 0 saturated heterocycles. The van der Waals surface area contributed by atoms with Gasteiger partial charge in [0.25, 0.3) is 0 Å². The van der Waals surface area contributed by atoms with E-state index in [1.807, 2.05) is 26.0 Å². The summed E-state index contributed by atoms with van der Waals surface area (Å²) in [6.07, 6.45) is 3.31. The van der Waals surface area contributed by atoms with Crippen LogP contribution >= 0.6 is 0 Å². The highest BCUT2D eigenvalue weighted by Crippen LogP contribution is 2.14. The van der Waals surface area contributed by atoms with Crippen molar-refractivity contribution in [2.75, 3.05) is 37.0 Å². The number of hydrogen-bond donors (Lipinski definition) is 3. The van der Waals surface area contributed by atoms with Crippen LogP contribution in [-0.2, 0) is 9.53 Å². The van der Waals surface area contributed by atoms with Gasteiger partial charge in [0.2, 0.25) is 5.91 Å². The van der Waals surface area contributed by atoms with E-state index in [9.17, 15) is 4.79 Å². The van der Waals surface area contributed by atoms with Crippen molar-refractivity contribution >= 4 is 17.4 Å². The Bertz CT molecular complexity index is 405. The zero-order chi connectivity index (χ0) is 15.5. The zero-order valence-electron chi connectivity index (χ0n) is 12.8. The molecule has 1 heterocycles. The molecule has 0 aliphatic heterocycles. The third-order valence-corrected chi connectivity index (χ3v) is 3.18. The van der Waals surface area contributed by atoms with Crippen molar-refractivity contribution in [1.29, 1.82) is 0 Å². The Labute approximate surface area is 125 Å². The number of nitrogens with one attached hydrogen (secondary N) is 2. The SMILES string of the molecule is CCC(CC)C(=O)Nc1ccc(NCCOCCO)nc1. The van der Waals surface area contributed by atoms with Gasteiger partial charge in [-0.3, -0.25) is 4.79 Å². The first-order valence-corrected chi connectivity index (χ1v) is 7.40. The van der Waals surface area contributed by atoms with Gasteiger partial charge >= 0.3 is 0 Å². The molecule has 0 aliphatic rings. The molecule has 0 unspecified atom stereocenters. The Balaban J connectivity index is 2.38. The van der Waals surface area contributed by atoms with E-state index in [0.29, 0.717) is 25.4 Å². The Kier molecular flexibility index (Phi) is 8.38. The molecule has 0 atom stereocenters. The van der Waals surface area contributed by atoms with E-state index in [4.69, 9.17) is 9.84 Å². The summed E-state index contributed by atoms with van der Waals surface area (Å²) < 4.78 is 5.13. The number of rotatable bonds is 10. The van der Waals surface area contributed by atoms with Gasteiger partial charge in [-0.15, -0.1) is 0 Å². The number of carbonyl (C=O) groups is 1. The van der Waals surface area contributed by atoms with Crippen LogP contribution in [0.5, 0.6) is 0 Å². The van der Waals surface area contributed by atoms with Crippen molar-refractivity contribution in [2.24, 2.45) is 5.92 Å². The van der Waals surface area contributed by atoms with E-state index in [-0.39, 0.29) is 18.4 Å². The topological polar surface area (TPSA) is 83.5 Å². The first kappa shape index (κ1) is 17.4.